The predicted octanol–water partition coefficient (Wildman–Crippen LogP) is 0.262. The molecule has 6 nitrogen and oxygen atoms in total. The van der Waals surface area contributed by atoms with Gasteiger partial charge >= 0.3 is 0 Å². The lowest BCUT2D eigenvalue weighted by atomic mass is 10.2. The van der Waals surface area contributed by atoms with E-state index < -0.39 is 0 Å². The average molecular weight is 301 g/mol. The van der Waals surface area contributed by atoms with Gasteiger partial charge in [0.2, 0.25) is 0 Å². The van der Waals surface area contributed by atoms with Crippen molar-refractivity contribution >= 4 is 23.1 Å². The lowest BCUT2D eigenvalue weighted by molar-refractivity contribution is 0.119. The van der Waals surface area contributed by atoms with Gasteiger partial charge in [-0.05, 0) is 27.3 Å². The van der Waals surface area contributed by atoms with Crippen LogP contribution in [-0.2, 0) is 4.74 Å². The fourth-order valence-corrected chi connectivity index (χ4v) is 2.42. The van der Waals surface area contributed by atoms with Gasteiger partial charge < -0.3 is 15.0 Å². The number of hydrogen-bond donors (Lipinski definition) is 2. The van der Waals surface area contributed by atoms with Gasteiger partial charge in [-0.2, -0.15) is 0 Å². The van der Waals surface area contributed by atoms with Crippen LogP contribution in [0.5, 0.6) is 0 Å². The first-order valence-corrected chi connectivity index (χ1v) is 8.17. The molecule has 2 unspecified atom stereocenters. The third-order valence-electron chi connectivity index (χ3n) is 2.96. The Morgan fingerprint density at radius 1 is 1.50 bits per heavy atom. The molecule has 1 rings (SSSR count). The molecule has 0 amide bonds. The standard InChI is InChI=1S/C13H27N5OS/c1-11-12(16-10-15-11)13(20-4)17-9-14-5-7-19-8-6-18(2)3/h10-12,14H,5-9H2,1-4H3,(H,15,16)/b17-13+. The van der Waals surface area contributed by atoms with E-state index in [0.29, 0.717) is 12.7 Å². The summed E-state index contributed by atoms with van der Waals surface area (Å²) in [5.41, 5.74) is 0. The highest BCUT2D eigenvalue weighted by Crippen LogP contribution is 2.13. The van der Waals surface area contributed by atoms with Crippen molar-refractivity contribution in [1.29, 1.82) is 0 Å². The molecule has 1 heterocycles. The zero-order valence-electron chi connectivity index (χ0n) is 12.9. The fourth-order valence-electron chi connectivity index (χ4n) is 1.72. The van der Waals surface area contributed by atoms with E-state index in [1.807, 2.05) is 20.4 Å². The largest absolute Gasteiger partial charge is 0.379 e. The van der Waals surface area contributed by atoms with Gasteiger partial charge in [0, 0.05) is 13.1 Å². The summed E-state index contributed by atoms with van der Waals surface area (Å²) >= 11 is 1.67. The Labute approximate surface area is 126 Å². The van der Waals surface area contributed by atoms with Crippen molar-refractivity contribution in [2.45, 2.75) is 19.0 Å². The van der Waals surface area contributed by atoms with E-state index >= 15 is 0 Å². The molecule has 0 aliphatic carbocycles. The van der Waals surface area contributed by atoms with E-state index in [0.717, 1.165) is 31.3 Å². The van der Waals surface area contributed by atoms with Crippen molar-refractivity contribution in [1.82, 2.24) is 15.5 Å². The van der Waals surface area contributed by atoms with E-state index in [1.165, 1.54) is 0 Å². The summed E-state index contributed by atoms with van der Waals surface area (Å²) in [6.07, 6.45) is 3.82. The molecule has 0 aromatic carbocycles. The second-order valence-corrected chi connectivity index (χ2v) is 5.78. The molecular weight excluding hydrogens is 274 g/mol. The van der Waals surface area contributed by atoms with Crippen molar-refractivity contribution in [2.24, 2.45) is 9.98 Å². The minimum absolute atomic E-state index is 0.156. The van der Waals surface area contributed by atoms with Gasteiger partial charge in [0.15, 0.2) is 0 Å². The predicted molar refractivity (Wildman–Crippen MR) is 88.1 cm³/mol. The number of likely N-dealkylation sites (N-methyl/N-ethyl adjacent to an activating group) is 1. The molecule has 2 N–H and O–H groups in total. The minimum atomic E-state index is 0.156. The Morgan fingerprint density at radius 3 is 2.90 bits per heavy atom. The number of nitrogens with one attached hydrogen (secondary N) is 2. The van der Waals surface area contributed by atoms with Gasteiger partial charge in [0.25, 0.3) is 0 Å². The fraction of sp³-hybridized carbons (Fsp3) is 0.846. The third-order valence-corrected chi connectivity index (χ3v) is 3.75. The first-order valence-electron chi connectivity index (χ1n) is 6.94. The van der Waals surface area contributed by atoms with Crippen LogP contribution >= 0.6 is 11.8 Å². The number of rotatable bonds is 9. The molecule has 1 aliphatic rings. The molecule has 7 heteroatoms. The second-order valence-electron chi connectivity index (χ2n) is 4.95. The maximum absolute atomic E-state index is 5.50. The normalized spacial score (nSPS) is 22.6. The van der Waals surface area contributed by atoms with Crippen molar-refractivity contribution in [3.63, 3.8) is 0 Å². The number of aliphatic imine (C=N–C) groups is 2. The summed E-state index contributed by atoms with van der Waals surface area (Å²) in [4.78, 5) is 11.1. The van der Waals surface area contributed by atoms with Crippen LogP contribution in [0.3, 0.4) is 0 Å². The average Bonchev–Trinajstić information content (AvgIpc) is 2.83. The van der Waals surface area contributed by atoms with E-state index in [2.05, 4.69) is 32.4 Å². The van der Waals surface area contributed by atoms with E-state index in [1.54, 1.807) is 18.1 Å². The number of thioether (sulfide) groups is 1. The molecule has 0 aromatic heterocycles. The lowest BCUT2D eigenvalue weighted by Gasteiger charge is -2.15. The highest BCUT2D eigenvalue weighted by Gasteiger charge is 2.24. The molecule has 0 fully saturated rings. The monoisotopic (exact) mass is 301 g/mol. The van der Waals surface area contributed by atoms with Crippen molar-refractivity contribution in [3.8, 4) is 0 Å². The van der Waals surface area contributed by atoms with Crippen LogP contribution in [0, 0.1) is 0 Å². The summed E-state index contributed by atoms with van der Waals surface area (Å²) < 4.78 is 5.50. The first-order chi connectivity index (χ1) is 9.65. The van der Waals surface area contributed by atoms with Crippen LogP contribution in [0.15, 0.2) is 9.98 Å². The molecule has 0 bridgehead atoms. The molecule has 1 aliphatic heterocycles. The van der Waals surface area contributed by atoms with Crippen LogP contribution in [-0.4, -0.2) is 81.7 Å². The van der Waals surface area contributed by atoms with Gasteiger partial charge in [-0.25, -0.2) is 0 Å². The SMILES string of the molecule is CS/C(=N/CNCCOCCN(C)C)C1N=CNC1C. The van der Waals surface area contributed by atoms with E-state index in [-0.39, 0.29) is 6.04 Å². The van der Waals surface area contributed by atoms with Gasteiger partial charge in [-0.15, -0.1) is 11.8 Å². The van der Waals surface area contributed by atoms with Crippen LogP contribution in [0.25, 0.3) is 0 Å². The Balaban J connectivity index is 2.11. The van der Waals surface area contributed by atoms with Crippen molar-refractivity contribution in [2.75, 3.05) is 53.3 Å². The molecule has 2 atom stereocenters. The summed E-state index contributed by atoms with van der Waals surface area (Å²) in [6, 6.07) is 0.485. The molecule has 0 spiro atoms. The van der Waals surface area contributed by atoms with Gasteiger partial charge in [-0.3, -0.25) is 15.3 Å². The van der Waals surface area contributed by atoms with E-state index in [4.69, 9.17) is 4.74 Å². The zero-order chi connectivity index (χ0) is 14.8. The Morgan fingerprint density at radius 2 is 2.30 bits per heavy atom. The quantitative estimate of drug-likeness (QED) is 0.363. The van der Waals surface area contributed by atoms with Crippen LogP contribution in [0.4, 0.5) is 0 Å². The van der Waals surface area contributed by atoms with Gasteiger partial charge in [0.1, 0.15) is 6.04 Å². The summed E-state index contributed by atoms with van der Waals surface area (Å²) in [6.45, 7) is 6.01. The second kappa shape index (κ2) is 10.1. The smallest absolute Gasteiger partial charge is 0.119 e. The summed E-state index contributed by atoms with van der Waals surface area (Å²) in [5.74, 6) is 0. The van der Waals surface area contributed by atoms with Crippen LogP contribution in [0.1, 0.15) is 6.92 Å². The zero-order valence-corrected chi connectivity index (χ0v) is 13.7. The maximum Gasteiger partial charge on any atom is 0.119 e. The van der Waals surface area contributed by atoms with Gasteiger partial charge in [0.05, 0.1) is 37.3 Å². The third kappa shape index (κ3) is 6.69. The highest BCUT2D eigenvalue weighted by molar-refractivity contribution is 8.13. The number of nitrogens with zero attached hydrogens (tertiary/aromatic N) is 3. The minimum Gasteiger partial charge on any atom is -0.379 e. The molecule has 0 saturated heterocycles. The molecule has 0 aromatic rings. The molecule has 116 valence electrons. The highest BCUT2D eigenvalue weighted by atomic mass is 32.2. The molecule has 0 saturated carbocycles. The van der Waals surface area contributed by atoms with E-state index in [9.17, 15) is 0 Å². The molecule has 0 radical (unpaired) electrons. The first kappa shape index (κ1) is 17.4. The topological polar surface area (TPSA) is 61.3 Å². The lowest BCUT2D eigenvalue weighted by Crippen LogP contribution is -2.33. The maximum atomic E-state index is 5.50. The summed E-state index contributed by atoms with van der Waals surface area (Å²) in [7, 11) is 4.09. The Bertz CT molecular complexity index is 322. The Hall–Kier alpha value is -0.630. The molecular formula is C13H27N5OS. The van der Waals surface area contributed by atoms with Gasteiger partial charge in [-0.1, -0.05) is 0 Å². The number of hydrogen-bond acceptors (Lipinski definition) is 7. The van der Waals surface area contributed by atoms with Crippen LogP contribution in [0.2, 0.25) is 0 Å². The molecule has 20 heavy (non-hydrogen) atoms. The van der Waals surface area contributed by atoms with Crippen LogP contribution < -0.4 is 10.6 Å². The van der Waals surface area contributed by atoms with Crippen molar-refractivity contribution < 1.29 is 4.74 Å². The number of ether oxygens (including phenoxy) is 1. The Kier molecular flexibility index (Phi) is 8.84. The van der Waals surface area contributed by atoms with Crippen molar-refractivity contribution in [3.05, 3.63) is 0 Å². The summed E-state index contributed by atoms with van der Waals surface area (Å²) in [5, 5.41) is 7.52.